The van der Waals surface area contributed by atoms with E-state index in [4.69, 9.17) is 0 Å². The number of amides is 1. The first-order valence-corrected chi connectivity index (χ1v) is 7.28. The number of aryl methyl sites for hydroxylation is 1. The predicted octanol–water partition coefficient (Wildman–Crippen LogP) is 3.32. The monoisotopic (exact) mass is 282 g/mol. The van der Waals surface area contributed by atoms with E-state index in [9.17, 15) is 4.79 Å². The molecule has 0 radical (unpaired) electrons. The smallest absolute Gasteiger partial charge is 0.238 e. The summed E-state index contributed by atoms with van der Waals surface area (Å²) in [6, 6.07) is 18.2. The van der Waals surface area contributed by atoms with Gasteiger partial charge in [-0.3, -0.25) is 9.69 Å². The van der Waals surface area contributed by atoms with E-state index in [0.717, 1.165) is 18.7 Å². The molecule has 21 heavy (non-hydrogen) atoms. The quantitative estimate of drug-likeness (QED) is 0.881. The molecule has 0 aliphatic rings. The van der Waals surface area contributed by atoms with E-state index in [2.05, 4.69) is 24.4 Å². The fourth-order valence-electron chi connectivity index (χ4n) is 2.22. The molecule has 3 heteroatoms. The van der Waals surface area contributed by atoms with Crippen molar-refractivity contribution < 1.29 is 4.79 Å². The topological polar surface area (TPSA) is 32.3 Å². The molecule has 0 atom stereocenters. The maximum Gasteiger partial charge on any atom is 0.238 e. The first-order chi connectivity index (χ1) is 10.2. The first-order valence-electron chi connectivity index (χ1n) is 7.28. The molecule has 0 saturated carbocycles. The molecule has 2 aromatic rings. The Kier molecular flexibility index (Phi) is 5.52. The van der Waals surface area contributed by atoms with Gasteiger partial charge in [0, 0.05) is 12.2 Å². The third kappa shape index (κ3) is 5.04. The number of benzene rings is 2. The minimum absolute atomic E-state index is 0.0117. The van der Waals surface area contributed by atoms with Crippen LogP contribution in [-0.4, -0.2) is 24.4 Å². The molecule has 110 valence electrons. The van der Waals surface area contributed by atoms with Crippen LogP contribution in [-0.2, 0) is 17.8 Å². The van der Waals surface area contributed by atoms with E-state index in [1.807, 2.05) is 54.4 Å². The average molecular weight is 282 g/mol. The summed E-state index contributed by atoms with van der Waals surface area (Å²) in [5.74, 6) is 0.0117. The fraction of sp³-hybridized carbons (Fsp3) is 0.278. The number of likely N-dealkylation sites (N-methyl/N-ethyl adjacent to an activating group) is 1. The van der Waals surface area contributed by atoms with Gasteiger partial charge in [-0.2, -0.15) is 0 Å². The van der Waals surface area contributed by atoms with Crippen molar-refractivity contribution >= 4 is 11.6 Å². The normalized spacial score (nSPS) is 10.6. The molecule has 0 spiro atoms. The van der Waals surface area contributed by atoms with Crippen molar-refractivity contribution in [3.63, 3.8) is 0 Å². The van der Waals surface area contributed by atoms with Crippen molar-refractivity contribution in [2.75, 3.05) is 18.9 Å². The summed E-state index contributed by atoms with van der Waals surface area (Å²) >= 11 is 0. The Bertz CT molecular complexity index is 564. The summed E-state index contributed by atoms with van der Waals surface area (Å²) in [7, 11) is 1.95. The van der Waals surface area contributed by atoms with Crippen molar-refractivity contribution in [3.8, 4) is 0 Å². The molecule has 0 aliphatic carbocycles. The van der Waals surface area contributed by atoms with E-state index >= 15 is 0 Å². The van der Waals surface area contributed by atoms with Crippen molar-refractivity contribution in [2.24, 2.45) is 0 Å². The zero-order valence-corrected chi connectivity index (χ0v) is 12.7. The first kappa shape index (κ1) is 15.3. The Hall–Kier alpha value is -2.13. The lowest BCUT2D eigenvalue weighted by molar-refractivity contribution is -0.117. The highest BCUT2D eigenvalue weighted by atomic mass is 16.2. The molecule has 1 amide bonds. The number of hydrogen-bond donors (Lipinski definition) is 1. The van der Waals surface area contributed by atoms with Gasteiger partial charge in [-0.05, 0) is 36.7 Å². The van der Waals surface area contributed by atoms with Gasteiger partial charge in [0.1, 0.15) is 0 Å². The zero-order chi connectivity index (χ0) is 15.1. The third-order valence-corrected chi connectivity index (χ3v) is 3.35. The Labute approximate surface area is 126 Å². The van der Waals surface area contributed by atoms with E-state index < -0.39 is 0 Å². The summed E-state index contributed by atoms with van der Waals surface area (Å²) in [4.78, 5) is 14.0. The number of rotatable bonds is 6. The average Bonchev–Trinajstić information content (AvgIpc) is 2.48. The molecule has 0 saturated heterocycles. The number of anilines is 1. The maximum atomic E-state index is 12.0. The summed E-state index contributed by atoms with van der Waals surface area (Å²) in [5.41, 5.74) is 3.33. The molecular weight excluding hydrogens is 260 g/mol. The maximum absolute atomic E-state index is 12.0. The molecule has 0 heterocycles. The molecule has 3 nitrogen and oxygen atoms in total. The van der Waals surface area contributed by atoms with Gasteiger partial charge in [0.15, 0.2) is 0 Å². The summed E-state index contributed by atoms with van der Waals surface area (Å²) in [6.45, 7) is 3.26. The molecule has 2 rings (SSSR count). The lowest BCUT2D eigenvalue weighted by Crippen LogP contribution is -2.29. The van der Waals surface area contributed by atoms with Crippen LogP contribution < -0.4 is 5.32 Å². The Morgan fingerprint density at radius 2 is 1.67 bits per heavy atom. The number of carbonyl (C=O) groups is 1. The van der Waals surface area contributed by atoms with Crippen molar-refractivity contribution in [2.45, 2.75) is 19.9 Å². The van der Waals surface area contributed by atoms with Crippen molar-refractivity contribution in [3.05, 3.63) is 65.7 Å². The van der Waals surface area contributed by atoms with E-state index in [-0.39, 0.29) is 5.91 Å². The second-order valence-corrected chi connectivity index (χ2v) is 5.26. The van der Waals surface area contributed by atoms with E-state index in [0.29, 0.717) is 6.54 Å². The Morgan fingerprint density at radius 1 is 1.00 bits per heavy atom. The Balaban J connectivity index is 1.83. The van der Waals surface area contributed by atoms with Gasteiger partial charge in [0.2, 0.25) is 5.91 Å². The number of hydrogen-bond acceptors (Lipinski definition) is 2. The standard InChI is InChI=1S/C18H22N2O/c1-3-15-9-11-17(12-10-15)19-18(21)14-20(2)13-16-7-5-4-6-8-16/h4-12H,3,13-14H2,1-2H3,(H,19,21). The van der Waals surface area contributed by atoms with Gasteiger partial charge in [0.25, 0.3) is 0 Å². The van der Waals surface area contributed by atoms with E-state index in [1.165, 1.54) is 11.1 Å². The fourth-order valence-corrected chi connectivity index (χ4v) is 2.22. The van der Waals surface area contributed by atoms with Crippen LogP contribution >= 0.6 is 0 Å². The molecule has 0 fully saturated rings. The molecule has 0 unspecified atom stereocenters. The van der Waals surface area contributed by atoms with Crippen molar-refractivity contribution in [1.82, 2.24) is 4.90 Å². The van der Waals surface area contributed by atoms with Crippen LogP contribution in [0.3, 0.4) is 0 Å². The molecule has 0 bridgehead atoms. The lowest BCUT2D eigenvalue weighted by Gasteiger charge is -2.16. The van der Waals surface area contributed by atoms with Gasteiger partial charge >= 0.3 is 0 Å². The predicted molar refractivity (Wildman–Crippen MR) is 87.2 cm³/mol. The van der Waals surface area contributed by atoms with Gasteiger partial charge in [-0.15, -0.1) is 0 Å². The van der Waals surface area contributed by atoms with Crippen LogP contribution in [0.15, 0.2) is 54.6 Å². The lowest BCUT2D eigenvalue weighted by atomic mass is 10.1. The second kappa shape index (κ2) is 7.60. The molecule has 0 aromatic heterocycles. The van der Waals surface area contributed by atoms with Gasteiger partial charge in [-0.25, -0.2) is 0 Å². The third-order valence-electron chi connectivity index (χ3n) is 3.35. The SMILES string of the molecule is CCc1ccc(NC(=O)CN(C)Cc2ccccc2)cc1. The molecule has 1 N–H and O–H groups in total. The summed E-state index contributed by atoms with van der Waals surface area (Å²) in [5, 5.41) is 2.93. The molecular formula is C18H22N2O. The number of nitrogens with zero attached hydrogens (tertiary/aromatic N) is 1. The largest absolute Gasteiger partial charge is 0.325 e. The number of carbonyl (C=O) groups excluding carboxylic acids is 1. The minimum atomic E-state index is 0.0117. The summed E-state index contributed by atoms with van der Waals surface area (Å²) in [6.07, 6.45) is 1.01. The van der Waals surface area contributed by atoms with Crippen LogP contribution in [0.2, 0.25) is 0 Å². The van der Waals surface area contributed by atoms with Crippen LogP contribution in [0.5, 0.6) is 0 Å². The van der Waals surface area contributed by atoms with E-state index in [1.54, 1.807) is 0 Å². The highest BCUT2D eigenvalue weighted by Gasteiger charge is 2.07. The van der Waals surface area contributed by atoms with Crippen LogP contribution in [0.25, 0.3) is 0 Å². The molecule has 0 aliphatic heterocycles. The van der Waals surface area contributed by atoms with Gasteiger partial charge in [-0.1, -0.05) is 49.4 Å². The Morgan fingerprint density at radius 3 is 2.29 bits per heavy atom. The van der Waals surface area contributed by atoms with Crippen molar-refractivity contribution in [1.29, 1.82) is 0 Å². The molecule has 2 aromatic carbocycles. The van der Waals surface area contributed by atoms with Gasteiger partial charge < -0.3 is 5.32 Å². The highest BCUT2D eigenvalue weighted by molar-refractivity contribution is 5.92. The summed E-state index contributed by atoms with van der Waals surface area (Å²) < 4.78 is 0. The van der Waals surface area contributed by atoms with Gasteiger partial charge in [0.05, 0.1) is 6.54 Å². The van der Waals surface area contributed by atoms with Crippen LogP contribution in [0.1, 0.15) is 18.1 Å². The number of nitrogens with one attached hydrogen (secondary N) is 1. The second-order valence-electron chi connectivity index (χ2n) is 5.26. The highest BCUT2D eigenvalue weighted by Crippen LogP contribution is 2.10. The van der Waals surface area contributed by atoms with Crippen LogP contribution in [0, 0.1) is 0 Å². The zero-order valence-electron chi connectivity index (χ0n) is 12.7. The van der Waals surface area contributed by atoms with Crippen LogP contribution in [0.4, 0.5) is 5.69 Å². The minimum Gasteiger partial charge on any atom is -0.325 e.